The van der Waals surface area contributed by atoms with Gasteiger partial charge in [0, 0.05) is 18.9 Å². The molecule has 0 aromatic carbocycles. The molecule has 0 bridgehead atoms. The first-order valence-corrected chi connectivity index (χ1v) is 5.72. The van der Waals surface area contributed by atoms with Gasteiger partial charge in [0.25, 0.3) is 0 Å². The van der Waals surface area contributed by atoms with E-state index in [1.54, 1.807) is 0 Å². The second kappa shape index (κ2) is 4.05. The van der Waals surface area contributed by atoms with Gasteiger partial charge in [-0.15, -0.1) is 0 Å². The lowest BCUT2D eigenvalue weighted by Gasteiger charge is -2.24. The first-order valence-electron chi connectivity index (χ1n) is 5.72. The molecule has 0 aromatic heterocycles. The summed E-state index contributed by atoms with van der Waals surface area (Å²) in [7, 11) is 0. The van der Waals surface area contributed by atoms with E-state index in [4.69, 9.17) is 5.11 Å². The Bertz CT molecular complexity index is 313. The van der Waals surface area contributed by atoms with Crippen LogP contribution in [0.25, 0.3) is 0 Å². The van der Waals surface area contributed by atoms with E-state index in [-0.39, 0.29) is 24.8 Å². The fourth-order valence-corrected chi connectivity index (χ4v) is 2.35. The number of carboxylic acids is 1. The van der Waals surface area contributed by atoms with Gasteiger partial charge in [-0.1, -0.05) is 6.92 Å². The minimum Gasteiger partial charge on any atom is -0.480 e. The maximum absolute atomic E-state index is 12.0. The van der Waals surface area contributed by atoms with E-state index in [1.807, 2.05) is 6.92 Å². The molecule has 1 unspecified atom stereocenters. The zero-order valence-corrected chi connectivity index (χ0v) is 9.30. The van der Waals surface area contributed by atoms with Crippen molar-refractivity contribution in [2.24, 2.45) is 11.8 Å². The Kier molecular flexibility index (Phi) is 2.88. The summed E-state index contributed by atoms with van der Waals surface area (Å²) in [4.78, 5) is 24.3. The first kappa shape index (κ1) is 11.4. The van der Waals surface area contributed by atoms with Gasteiger partial charge < -0.3 is 15.1 Å². The van der Waals surface area contributed by atoms with E-state index in [9.17, 15) is 14.7 Å². The standard InChI is InChI=1S/C11H17NO4/c1-6(7-2-3-7)10(14)12-5-8(13)4-9(12)11(15)16/h6-9,13H,2-5H2,1H3,(H,15,16)/t6?,8-,9-/m1/s1. The van der Waals surface area contributed by atoms with Crippen molar-refractivity contribution in [3.05, 3.63) is 0 Å². The highest BCUT2D eigenvalue weighted by molar-refractivity contribution is 5.86. The molecular formula is C11H17NO4. The molecule has 2 rings (SSSR count). The van der Waals surface area contributed by atoms with Crippen molar-refractivity contribution < 1.29 is 19.8 Å². The van der Waals surface area contributed by atoms with Crippen LogP contribution in [-0.4, -0.2) is 45.7 Å². The average Bonchev–Trinajstić information content (AvgIpc) is 2.99. The van der Waals surface area contributed by atoms with E-state index in [0.29, 0.717) is 5.92 Å². The highest BCUT2D eigenvalue weighted by Gasteiger charge is 2.43. The monoisotopic (exact) mass is 227 g/mol. The second-order valence-electron chi connectivity index (χ2n) is 4.86. The number of carbonyl (C=O) groups excluding carboxylic acids is 1. The number of rotatable bonds is 3. The molecule has 3 atom stereocenters. The Morgan fingerprint density at radius 1 is 1.38 bits per heavy atom. The fourth-order valence-electron chi connectivity index (χ4n) is 2.35. The molecule has 0 spiro atoms. The summed E-state index contributed by atoms with van der Waals surface area (Å²) in [6.45, 7) is 2.01. The summed E-state index contributed by atoms with van der Waals surface area (Å²) in [6.07, 6.45) is 1.57. The molecule has 5 heteroatoms. The van der Waals surface area contributed by atoms with Crippen molar-refractivity contribution in [3.63, 3.8) is 0 Å². The number of likely N-dealkylation sites (tertiary alicyclic amines) is 1. The molecule has 1 aliphatic carbocycles. The van der Waals surface area contributed by atoms with E-state index >= 15 is 0 Å². The maximum atomic E-state index is 12.0. The molecule has 16 heavy (non-hydrogen) atoms. The Labute approximate surface area is 94.0 Å². The van der Waals surface area contributed by atoms with Crippen LogP contribution in [0, 0.1) is 11.8 Å². The van der Waals surface area contributed by atoms with Crippen LogP contribution >= 0.6 is 0 Å². The van der Waals surface area contributed by atoms with Gasteiger partial charge in [-0.2, -0.15) is 0 Å². The number of nitrogens with zero attached hydrogens (tertiary/aromatic N) is 1. The van der Waals surface area contributed by atoms with Crippen molar-refractivity contribution >= 4 is 11.9 Å². The lowest BCUT2D eigenvalue weighted by atomic mass is 10.0. The van der Waals surface area contributed by atoms with Gasteiger partial charge in [-0.05, 0) is 18.8 Å². The van der Waals surface area contributed by atoms with Crippen LogP contribution in [0.15, 0.2) is 0 Å². The first-order chi connectivity index (χ1) is 7.50. The molecule has 5 nitrogen and oxygen atoms in total. The van der Waals surface area contributed by atoms with Gasteiger partial charge in [-0.3, -0.25) is 4.79 Å². The van der Waals surface area contributed by atoms with Gasteiger partial charge in [0.1, 0.15) is 6.04 Å². The zero-order chi connectivity index (χ0) is 11.9. The molecular weight excluding hydrogens is 210 g/mol. The molecule has 1 aliphatic heterocycles. The highest BCUT2D eigenvalue weighted by Crippen LogP contribution is 2.38. The van der Waals surface area contributed by atoms with Crippen molar-refractivity contribution in [1.82, 2.24) is 4.90 Å². The maximum Gasteiger partial charge on any atom is 0.326 e. The number of hydrogen-bond acceptors (Lipinski definition) is 3. The summed E-state index contributed by atoms with van der Waals surface area (Å²) in [5, 5.41) is 18.4. The predicted octanol–water partition coefficient (Wildman–Crippen LogP) is 0.0789. The third-order valence-corrected chi connectivity index (χ3v) is 3.57. The molecule has 1 amide bonds. The molecule has 1 saturated heterocycles. The Balaban J connectivity index is 2.06. The largest absolute Gasteiger partial charge is 0.480 e. The van der Waals surface area contributed by atoms with Crippen molar-refractivity contribution in [2.75, 3.05) is 6.54 Å². The molecule has 2 aliphatic rings. The van der Waals surface area contributed by atoms with Crippen LogP contribution in [-0.2, 0) is 9.59 Å². The van der Waals surface area contributed by atoms with Gasteiger partial charge in [0.15, 0.2) is 0 Å². The third kappa shape index (κ3) is 2.04. The highest BCUT2D eigenvalue weighted by atomic mass is 16.4. The number of hydrogen-bond donors (Lipinski definition) is 2. The van der Waals surface area contributed by atoms with Gasteiger partial charge >= 0.3 is 5.97 Å². The summed E-state index contributed by atoms with van der Waals surface area (Å²) in [6, 6.07) is -0.844. The number of aliphatic hydroxyl groups excluding tert-OH is 1. The third-order valence-electron chi connectivity index (χ3n) is 3.57. The van der Waals surface area contributed by atoms with Crippen LogP contribution in [0.1, 0.15) is 26.2 Å². The molecule has 1 heterocycles. The smallest absolute Gasteiger partial charge is 0.326 e. The number of aliphatic hydroxyl groups is 1. The van der Waals surface area contributed by atoms with Crippen molar-refractivity contribution in [1.29, 1.82) is 0 Å². The van der Waals surface area contributed by atoms with E-state index in [0.717, 1.165) is 12.8 Å². The molecule has 0 aromatic rings. The minimum absolute atomic E-state index is 0.104. The van der Waals surface area contributed by atoms with E-state index < -0.39 is 18.1 Å². The molecule has 2 N–H and O–H groups in total. The number of aliphatic carboxylic acids is 1. The second-order valence-corrected chi connectivity index (χ2v) is 4.86. The van der Waals surface area contributed by atoms with Crippen LogP contribution in [0.2, 0.25) is 0 Å². The molecule has 2 fully saturated rings. The Morgan fingerprint density at radius 2 is 2.00 bits per heavy atom. The summed E-state index contributed by atoms with van der Waals surface area (Å²) in [5.41, 5.74) is 0. The molecule has 0 radical (unpaired) electrons. The summed E-state index contributed by atoms with van der Waals surface area (Å²) < 4.78 is 0. The summed E-state index contributed by atoms with van der Waals surface area (Å²) >= 11 is 0. The minimum atomic E-state index is -1.02. The van der Waals surface area contributed by atoms with Gasteiger partial charge in [0.05, 0.1) is 6.10 Å². The van der Waals surface area contributed by atoms with Gasteiger partial charge in [-0.25, -0.2) is 4.79 Å². The van der Waals surface area contributed by atoms with Crippen molar-refractivity contribution in [2.45, 2.75) is 38.3 Å². The van der Waals surface area contributed by atoms with Gasteiger partial charge in [0.2, 0.25) is 5.91 Å². The number of carboxylic acid groups (broad SMARTS) is 1. The van der Waals surface area contributed by atoms with Crippen LogP contribution in [0.3, 0.4) is 0 Å². The topological polar surface area (TPSA) is 77.8 Å². The molecule has 90 valence electrons. The van der Waals surface area contributed by atoms with Crippen LogP contribution < -0.4 is 0 Å². The van der Waals surface area contributed by atoms with Crippen LogP contribution in [0.4, 0.5) is 0 Å². The summed E-state index contributed by atoms with van der Waals surface area (Å²) in [5.74, 6) is -0.828. The predicted molar refractivity (Wildman–Crippen MR) is 55.6 cm³/mol. The van der Waals surface area contributed by atoms with E-state index in [2.05, 4.69) is 0 Å². The lowest BCUT2D eigenvalue weighted by molar-refractivity contribution is -0.150. The Hall–Kier alpha value is -1.10. The SMILES string of the molecule is CC(C(=O)N1C[C@H](O)C[C@@H]1C(=O)O)C1CC1. The fraction of sp³-hybridized carbons (Fsp3) is 0.818. The average molecular weight is 227 g/mol. The number of carbonyl (C=O) groups is 2. The number of amides is 1. The molecule has 1 saturated carbocycles. The zero-order valence-electron chi connectivity index (χ0n) is 9.30. The Morgan fingerprint density at radius 3 is 2.50 bits per heavy atom. The van der Waals surface area contributed by atoms with E-state index in [1.165, 1.54) is 4.90 Å². The van der Waals surface area contributed by atoms with Crippen LogP contribution in [0.5, 0.6) is 0 Å². The van der Waals surface area contributed by atoms with Crippen molar-refractivity contribution in [3.8, 4) is 0 Å². The normalized spacial score (nSPS) is 31.5. The number of β-amino-alcohol motifs (C(OH)–C–C–N with tert-alkyl or cyclic N) is 1. The quantitative estimate of drug-likeness (QED) is 0.715. The lowest BCUT2D eigenvalue weighted by Crippen LogP contribution is -2.43.